The Balaban J connectivity index is 1.56. The van der Waals surface area contributed by atoms with Crippen LogP contribution in [0.2, 0.25) is 0 Å². The van der Waals surface area contributed by atoms with Gasteiger partial charge in [-0.3, -0.25) is 0 Å². The SMILES string of the molecule is c1ccc(CCNc2cc(N3CCCC3)ccn2)cc1. The second-order valence-corrected chi connectivity index (χ2v) is 5.26. The van der Waals surface area contributed by atoms with Crippen molar-refractivity contribution < 1.29 is 0 Å². The highest BCUT2D eigenvalue weighted by molar-refractivity contribution is 5.54. The summed E-state index contributed by atoms with van der Waals surface area (Å²) in [5, 5.41) is 3.42. The zero-order valence-corrected chi connectivity index (χ0v) is 11.8. The highest BCUT2D eigenvalue weighted by Crippen LogP contribution is 2.21. The first-order valence-corrected chi connectivity index (χ1v) is 7.41. The maximum Gasteiger partial charge on any atom is 0.127 e. The fourth-order valence-electron chi connectivity index (χ4n) is 2.67. The molecule has 1 N–H and O–H groups in total. The van der Waals surface area contributed by atoms with Crippen LogP contribution in [0.15, 0.2) is 48.7 Å². The summed E-state index contributed by atoms with van der Waals surface area (Å²) in [6, 6.07) is 14.8. The zero-order valence-electron chi connectivity index (χ0n) is 11.8. The Bertz CT molecular complexity index is 533. The Hall–Kier alpha value is -2.03. The number of nitrogens with one attached hydrogen (secondary N) is 1. The van der Waals surface area contributed by atoms with Gasteiger partial charge >= 0.3 is 0 Å². The Kier molecular flexibility index (Phi) is 4.16. The zero-order chi connectivity index (χ0) is 13.6. The van der Waals surface area contributed by atoms with Gasteiger partial charge in [-0.2, -0.15) is 0 Å². The van der Waals surface area contributed by atoms with Gasteiger partial charge in [0.15, 0.2) is 0 Å². The van der Waals surface area contributed by atoms with Crippen LogP contribution in [0.4, 0.5) is 11.5 Å². The van der Waals surface area contributed by atoms with Crippen molar-refractivity contribution in [3.63, 3.8) is 0 Å². The average molecular weight is 267 g/mol. The summed E-state index contributed by atoms with van der Waals surface area (Å²) in [5.41, 5.74) is 2.65. The molecule has 0 aliphatic carbocycles. The van der Waals surface area contributed by atoms with Gasteiger partial charge in [0.2, 0.25) is 0 Å². The van der Waals surface area contributed by atoms with Crippen LogP contribution in [0.1, 0.15) is 18.4 Å². The summed E-state index contributed by atoms with van der Waals surface area (Å²) in [6.07, 6.45) is 5.53. The van der Waals surface area contributed by atoms with Gasteiger partial charge in [0, 0.05) is 37.6 Å². The van der Waals surface area contributed by atoms with Gasteiger partial charge in [-0.15, -0.1) is 0 Å². The third-order valence-electron chi connectivity index (χ3n) is 3.78. The molecular formula is C17H21N3. The van der Waals surface area contributed by atoms with E-state index < -0.39 is 0 Å². The minimum atomic E-state index is 0.917. The van der Waals surface area contributed by atoms with Gasteiger partial charge in [0.25, 0.3) is 0 Å². The number of benzene rings is 1. The molecule has 3 nitrogen and oxygen atoms in total. The monoisotopic (exact) mass is 267 g/mol. The Morgan fingerprint density at radius 1 is 1.05 bits per heavy atom. The van der Waals surface area contributed by atoms with Gasteiger partial charge in [-0.25, -0.2) is 4.98 Å². The second-order valence-electron chi connectivity index (χ2n) is 5.26. The van der Waals surface area contributed by atoms with Gasteiger partial charge < -0.3 is 10.2 Å². The van der Waals surface area contributed by atoms with Gasteiger partial charge in [0.05, 0.1) is 0 Å². The number of nitrogens with zero attached hydrogens (tertiary/aromatic N) is 2. The van der Waals surface area contributed by atoms with Crippen molar-refractivity contribution in [1.82, 2.24) is 4.98 Å². The molecule has 0 amide bonds. The molecule has 0 unspecified atom stereocenters. The van der Waals surface area contributed by atoms with Crippen molar-refractivity contribution in [1.29, 1.82) is 0 Å². The number of hydrogen-bond donors (Lipinski definition) is 1. The summed E-state index contributed by atoms with van der Waals surface area (Å²) < 4.78 is 0. The lowest BCUT2D eigenvalue weighted by atomic mass is 10.1. The molecule has 0 spiro atoms. The molecule has 1 fully saturated rings. The molecule has 1 saturated heterocycles. The molecule has 0 saturated carbocycles. The van der Waals surface area contributed by atoms with Crippen LogP contribution < -0.4 is 10.2 Å². The highest BCUT2D eigenvalue weighted by Gasteiger charge is 2.12. The van der Waals surface area contributed by atoms with E-state index in [0.29, 0.717) is 0 Å². The minimum Gasteiger partial charge on any atom is -0.371 e. The quantitative estimate of drug-likeness (QED) is 0.900. The largest absolute Gasteiger partial charge is 0.371 e. The fourth-order valence-corrected chi connectivity index (χ4v) is 2.67. The summed E-state index contributed by atoms with van der Waals surface area (Å²) >= 11 is 0. The Morgan fingerprint density at radius 3 is 2.65 bits per heavy atom. The maximum absolute atomic E-state index is 4.40. The van der Waals surface area contributed by atoms with E-state index in [1.807, 2.05) is 6.20 Å². The predicted octanol–water partition coefficient (Wildman–Crippen LogP) is 3.34. The summed E-state index contributed by atoms with van der Waals surface area (Å²) in [5.74, 6) is 0.977. The van der Waals surface area contributed by atoms with E-state index in [1.54, 1.807) is 0 Å². The van der Waals surface area contributed by atoms with Gasteiger partial charge in [-0.05, 0) is 30.9 Å². The topological polar surface area (TPSA) is 28.2 Å². The van der Waals surface area contributed by atoms with E-state index in [2.05, 4.69) is 57.7 Å². The van der Waals surface area contributed by atoms with Crippen molar-refractivity contribution >= 4 is 11.5 Å². The molecule has 20 heavy (non-hydrogen) atoms. The number of anilines is 2. The first kappa shape index (κ1) is 13.0. The summed E-state index contributed by atoms with van der Waals surface area (Å²) in [7, 11) is 0. The summed E-state index contributed by atoms with van der Waals surface area (Å²) in [4.78, 5) is 6.84. The molecular weight excluding hydrogens is 246 g/mol. The predicted molar refractivity (Wildman–Crippen MR) is 84.3 cm³/mol. The molecule has 3 rings (SSSR count). The lowest BCUT2D eigenvalue weighted by Gasteiger charge is -2.18. The van der Waals surface area contributed by atoms with Gasteiger partial charge in [0.1, 0.15) is 5.82 Å². The van der Waals surface area contributed by atoms with Crippen molar-refractivity contribution in [2.75, 3.05) is 29.9 Å². The van der Waals surface area contributed by atoms with E-state index in [-0.39, 0.29) is 0 Å². The third-order valence-corrected chi connectivity index (χ3v) is 3.78. The van der Waals surface area contributed by atoms with E-state index >= 15 is 0 Å². The van der Waals surface area contributed by atoms with Crippen molar-refractivity contribution in [2.45, 2.75) is 19.3 Å². The fraction of sp³-hybridized carbons (Fsp3) is 0.353. The van der Waals surface area contributed by atoms with Crippen LogP contribution in [0.5, 0.6) is 0 Å². The molecule has 1 aliphatic heterocycles. The average Bonchev–Trinajstić information content (AvgIpc) is 3.03. The Labute approximate surface area is 120 Å². The minimum absolute atomic E-state index is 0.917. The number of aromatic nitrogens is 1. The molecule has 0 bridgehead atoms. The van der Waals surface area contributed by atoms with Crippen LogP contribution >= 0.6 is 0 Å². The normalized spacial score (nSPS) is 14.5. The number of hydrogen-bond acceptors (Lipinski definition) is 3. The van der Waals surface area contributed by atoms with Crippen LogP contribution in [0.3, 0.4) is 0 Å². The van der Waals surface area contributed by atoms with Crippen molar-refractivity contribution in [2.24, 2.45) is 0 Å². The second kappa shape index (κ2) is 6.42. The highest BCUT2D eigenvalue weighted by atomic mass is 15.1. The molecule has 1 aliphatic rings. The summed E-state index contributed by atoms with van der Waals surface area (Å²) in [6.45, 7) is 3.27. The molecule has 2 aromatic rings. The molecule has 1 aromatic heterocycles. The van der Waals surface area contributed by atoms with Crippen LogP contribution in [0, 0.1) is 0 Å². The standard InChI is InChI=1S/C17H21N3/c1-2-6-15(7-3-1)8-10-18-17-14-16(9-11-19-17)20-12-4-5-13-20/h1-3,6-7,9,11,14H,4-5,8,10,12-13H2,(H,18,19). The van der Waals surface area contributed by atoms with E-state index in [4.69, 9.17) is 0 Å². The third kappa shape index (κ3) is 3.29. The molecule has 1 aromatic carbocycles. The number of rotatable bonds is 5. The number of pyridine rings is 1. The Morgan fingerprint density at radius 2 is 1.85 bits per heavy atom. The van der Waals surface area contributed by atoms with Crippen molar-refractivity contribution in [3.8, 4) is 0 Å². The molecule has 104 valence electrons. The van der Waals surface area contributed by atoms with Gasteiger partial charge in [-0.1, -0.05) is 30.3 Å². The smallest absolute Gasteiger partial charge is 0.127 e. The van der Waals surface area contributed by atoms with Crippen LogP contribution in [-0.4, -0.2) is 24.6 Å². The molecule has 0 atom stereocenters. The lowest BCUT2D eigenvalue weighted by molar-refractivity contribution is 0.949. The van der Waals surface area contributed by atoms with E-state index in [0.717, 1.165) is 18.8 Å². The van der Waals surface area contributed by atoms with Crippen LogP contribution in [0.25, 0.3) is 0 Å². The van der Waals surface area contributed by atoms with E-state index in [1.165, 1.54) is 37.2 Å². The molecule has 2 heterocycles. The molecule has 3 heteroatoms. The molecule has 0 radical (unpaired) electrons. The van der Waals surface area contributed by atoms with Crippen LogP contribution in [-0.2, 0) is 6.42 Å². The van der Waals surface area contributed by atoms with Crippen molar-refractivity contribution in [3.05, 3.63) is 54.2 Å². The first-order valence-electron chi connectivity index (χ1n) is 7.41. The first-order chi connectivity index (χ1) is 9.92. The maximum atomic E-state index is 4.40. The van der Waals surface area contributed by atoms with E-state index in [9.17, 15) is 0 Å². The lowest BCUT2D eigenvalue weighted by Crippen LogP contribution is -2.18.